The summed E-state index contributed by atoms with van der Waals surface area (Å²) in [6, 6.07) is 12.2. The van der Waals surface area contributed by atoms with Crippen LogP contribution in [0, 0.1) is 12.3 Å². The van der Waals surface area contributed by atoms with E-state index in [1.165, 1.54) is 0 Å². The first-order valence-corrected chi connectivity index (χ1v) is 12.6. The van der Waals surface area contributed by atoms with Gasteiger partial charge in [0, 0.05) is 44.1 Å². The molecule has 1 atom stereocenters. The minimum atomic E-state index is -0.926. The fraction of sp³-hybridized carbons (Fsp3) is 0.500. The second-order valence-electron chi connectivity index (χ2n) is 10.9. The molecule has 2 aromatic rings. The molecular formula is C28H36N4O4. The Hall–Kier alpha value is -3.26. The highest BCUT2D eigenvalue weighted by Crippen LogP contribution is 2.39. The maximum absolute atomic E-state index is 13.9. The van der Waals surface area contributed by atoms with E-state index >= 15 is 0 Å². The molecule has 0 bridgehead atoms. The van der Waals surface area contributed by atoms with Gasteiger partial charge < -0.3 is 15.0 Å². The zero-order valence-electron chi connectivity index (χ0n) is 21.6. The number of carbonyl (C=O) groups excluding carboxylic acids is 3. The topological polar surface area (TPSA) is 91.8 Å². The number of rotatable bonds is 5. The lowest BCUT2D eigenvalue weighted by atomic mass is 9.90. The smallest absolute Gasteiger partial charge is 0.257 e. The van der Waals surface area contributed by atoms with Crippen molar-refractivity contribution in [2.45, 2.75) is 65.3 Å². The van der Waals surface area contributed by atoms with E-state index in [1.807, 2.05) is 69.0 Å². The van der Waals surface area contributed by atoms with Crippen LogP contribution in [0.2, 0.25) is 0 Å². The van der Waals surface area contributed by atoms with Crippen LogP contribution in [0.1, 0.15) is 61.6 Å². The number of nitrogens with one attached hydrogen (secondary N) is 1. The van der Waals surface area contributed by atoms with Gasteiger partial charge in [-0.05, 0) is 36.1 Å². The molecule has 1 spiro atoms. The summed E-state index contributed by atoms with van der Waals surface area (Å²) in [5.74, 6) is -0.388. The summed E-state index contributed by atoms with van der Waals surface area (Å²) in [7, 11) is 0. The van der Waals surface area contributed by atoms with Crippen molar-refractivity contribution in [1.29, 1.82) is 0 Å². The highest BCUT2D eigenvalue weighted by atomic mass is 16.5. The molecule has 192 valence electrons. The van der Waals surface area contributed by atoms with E-state index in [-0.39, 0.29) is 36.3 Å². The van der Waals surface area contributed by atoms with Crippen LogP contribution in [0.5, 0.6) is 0 Å². The van der Waals surface area contributed by atoms with Gasteiger partial charge in [0.15, 0.2) is 0 Å². The number of ether oxygens (including phenoxy) is 1. The van der Waals surface area contributed by atoms with Gasteiger partial charge in [0.2, 0.25) is 11.8 Å². The van der Waals surface area contributed by atoms with E-state index in [4.69, 9.17) is 4.74 Å². The van der Waals surface area contributed by atoms with E-state index in [9.17, 15) is 14.4 Å². The summed E-state index contributed by atoms with van der Waals surface area (Å²) in [5.41, 5.74) is 1.11. The molecule has 0 aliphatic carbocycles. The van der Waals surface area contributed by atoms with Gasteiger partial charge >= 0.3 is 0 Å². The molecule has 1 unspecified atom stereocenters. The Morgan fingerprint density at radius 1 is 1.08 bits per heavy atom. The van der Waals surface area contributed by atoms with Crippen molar-refractivity contribution >= 4 is 17.7 Å². The SMILES string of the molecule is Cc1ccccc1C(=O)N1C(C(=O)NCc2ccccn2)COC12CCN(C(=O)CC(C)(C)C)CC2. The number of nitrogens with zero attached hydrogens (tertiary/aromatic N) is 3. The lowest BCUT2D eigenvalue weighted by Gasteiger charge is -2.45. The minimum absolute atomic E-state index is 0.0975. The van der Waals surface area contributed by atoms with Gasteiger partial charge in [0.25, 0.3) is 5.91 Å². The number of aromatic nitrogens is 1. The Morgan fingerprint density at radius 2 is 1.78 bits per heavy atom. The summed E-state index contributed by atoms with van der Waals surface area (Å²) in [6.45, 7) is 9.38. The number of aryl methyl sites for hydroxylation is 1. The Morgan fingerprint density at radius 3 is 2.42 bits per heavy atom. The molecule has 4 rings (SSSR count). The van der Waals surface area contributed by atoms with Crippen LogP contribution in [-0.4, -0.2) is 64.0 Å². The van der Waals surface area contributed by atoms with Crippen molar-refractivity contribution in [3.63, 3.8) is 0 Å². The third-order valence-corrected chi connectivity index (χ3v) is 6.91. The average molecular weight is 493 g/mol. The van der Waals surface area contributed by atoms with Gasteiger partial charge in [-0.3, -0.25) is 24.3 Å². The van der Waals surface area contributed by atoms with E-state index in [0.717, 1.165) is 11.3 Å². The molecule has 1 aromatic carbocycles. The molecule has 1 aromatic heterocycles. The van der Waals surface area contributed by atoms with Gasteiger partial charge in [0.05, 0.1) is 18.8 Å². The van der Waals surface area contributed by atoms with Gasteiger partial charge in [-0.1, -0.05) is 45.0 Å². The van der Waals surface area contributed by atoms with Crippen LogP contribution in [0.25, 0.3) is 0 Å². The van der Waals surface area contributed by atoms with Crippen LogP contribution in [-0.2, 0) is 20.9 Å². The Kier molecular flexibility index (Phi) is 7.45. The third kappa shape index (κ3) is 5.59. The monoisotopic (exact) mass is 492 g/mol. The van der Waals surface area contributed by atoms with E-state index in [0.29, 0.717) is 37.9 Å². The van der Waals surface area contributed by atoms with Crippen LogP contribution in [0.3, 0.4) is 0 Å². The molecule has 8 nitrogen and oxygen atoms in total. The van der Waals surface area contributed by atoms with Gasteiger partial charge in [-0.2, -0.15) is 0 Å². The molecule has 1 N–H and O–H groups in total. The minimum Gasteiger partial charge on any atom is -0.353 e. The number of hydrogen-bond donors (Lipinski definition) is 1. The number of piperidine rings is 1. The molecule has 3 amide bonds. The van der Waals surface area contributed by atoms with Crippen molar-refractivity contribution < 1.29 is 19.1 Å². The Labute approximate surface area is 213 Å². The predicted octanol–water partition coefficient (Wildman–Crippen LogP) is 3.30. The normalized spacial score (nSPS) is 19.4. The van der Waals surface area contributed by atoms with Gasteiger partial charge in [-0.15, -0.1) is 0 Å². The number of likely N-dealkylation sites (tertiary alicyclic amines) is 1. The first kappa shape index (κ1) is 25.8. The van der Waals surface area contributed by atoms with Crippen LogP contribution in [0.15, 0.2) is 48.7 Å². The van der Waals surface area contributed by atoms with Crippen molar-refractivity contribution in [3.8, 4) is 0 Å². The first-order chi connectivity index (χ1) is 17.1. The third-order valence-electron chi connectivity index (χ3n) is 6.91. The number of hydrogen-bond acceptors (Lipinski definition) is 5. The van der Waals surface area contributed by atoms with Crippen molar-refractivity contribution in [2.75, 3.05) is 19.7 Å². The molecule has 2 saturated heterocycles. The van der Waals surface area contributed by atoms with Crippen LogP contribution < -0.4 is 5.32 Å². The number of pyridine rings is 1. The number of carbonyl (C=O) groups is 3. The lowest BCUT2D eigenvalue weighted by Crippen LogP contribution is -2.60. The number of amides is 3. The summed E-state index contributed by atoms with van der Waals surface area (Å²) in [5, 5.41) is 2.93. The molecular weight excluding hydrogens is 456 g/mol. The molecule has 2 fully saturated rings. The van der Waals surface area contributed by atoms with Gasteiger partial charge in [-0.25, -0.2) is 0 Å². The van der Waals surface area contributed by atoms with Crippen molar-refractivity contribution in [3.05, 3.63) is 65.5 Å². The summed E-state index contributed by atoms with van der Waals surface area (Å²) in [4.78, 5) is 47.8. The summed E-state index contributed by atoms with van der Waals surface area (Å²) >= 11 is 0. The van der Waals surface area contributed by atoms with E-state index in [1.54, 1.807) is 17.2 Å². The second kappa shape index (κ2) is 10.4. The Balaban J connectivity index is 1.55. The quantitative estimate of drug-likeness (QED) is 0.692. The van der Waals surface area contributed by atoms with Crippen molar-refractivity contribution in [2.24, 2.45) is 5.41 Å². The first-order valence-electron chi connectivity index (χ1n) is 12.6. The standard InChI is InChI=1S/C28H36N4O4/c1-20-9-5-6-11-22(20)26(35)32-23(25(34)30-18-21-10-7-8-14-29-21)19-36-28(32)12-15-31(16-13-28)24(33)17-27(2,3)4/h5-11,14,23H,12-13,15-19H2,1-4H3,(H,30,34). The average Bonchev–Trinajstić information content (AvgIpc) is 3.21. The molecule has 0 radical (unpaired) electrons. The van der Waals surface area contributed by atoms with Gasteiger partial charge in [0.1, 0.15) is 11.8 Å². The molecule has 36 heavy (non-hydrogen) atoms. The highest BCUT2D eigenvalue weighted by Gasteiger charge is 2.54. The maximum atomic E-state index is 13.9. The van der Waals surface area contributed by atoms with Crippen molar-refractivity contribution in [1.82, 2.24) is 20.1 Å². The molecule has 0 saturated carbocycles. The van der Waals surface area contributed by atoms with Crippen LogP contribution in [0.4, 0.5) is 0 Å². The Bertz CT molecular complexity index is 1100. The molecule has 2 aliphatic heterocycles. The summed E-state index contributed by atoms with van der Waals surface area (Å²) < 4.78 is 6.28. The zero-order chi connectivity index (χ0) is 25.9. The zero-order valence-corrected chi connectivity index (χ0v) is 21.6. The highest BCUT2D eigenvalue weighted by molar-refractivity contribution is 5.99. The molecule has 8 heteroatoms. The fourth-order valence-corrected chi connectivity index (χ4v) is 4.98. The second-order valence-corrected chi connectivity index (χ2v) is 10.9. The number of benzene rings is 1. The fourth-order valence-electron chi connectivity index (χ4n) is 4.98. The van der Waals surface area contributed by atoms with Crippen LogP contribution >= 0.6 is 0 Å². The van der Waals surface area contributed by atoms with E-state index in [2.05, 4.69) is 10.3 Å². The largest absolute Gasteiger partial charge is 0.353 e. The molecule has 2 aliphatic rings. The van der Waals surface area contributed by atoms with E-state index < -0.39 is 11.8 Å². The lowest BCUT2D eigenvalue weighted by molar-refractivity contribution is -0.145. The molecule has 3 heterocycles. The summed E-state index contributed by atoms with van der Waals surface area (Å²) in [6.07, 6.45) is 3.07. The predicted molar refractivity (Wildman–Crippen MR) is 136 cm³/mol. The maximum Gasteiger partial charge on any atom is 0.257 e.